The highest BCUT2D eigenvalue weighted by atomic mass is 19.3. The van der Waals surface area contributed by atoms with E-state index >= 15 is 0 Å². The SMILES string of the molecule is O=C(Nc1cc[nH]c(=O)c1)c1c2ccc(F)cc2nn1CC1CCC(F)(F)CC1. The fourth-order valence-corrected chi connectivity index (χ4v) is 3.72. The summed E-state index contributed by atoms with van der Waals surface area (Å²) in [6.45, 7) is 0.282. The van der Waals surface area contributed by atoms with Gasteiger partial charge in [0.15, 0.2) is 0 Å². The smallest absolute Gasteiger partial charge is 0.274 e. The number of fused-ring (bicyclic) bond motifs is 1. The lowest BCUT2D eigenvalue weighted by atomic mass is 9.87. The van der Waals surface area contributed by atoms with Crippen molar-refractivity contribution in [2.75, 3.05) is 5.32 Å². The lowest BCUT2D eigenvalue weighted by Gasteiger charge is -2.28. The van der Waals surface area contributed by atoms with Crippen LogP contribution in [0, 0.1) is 11.7 Å². The van der Waals surface area contributed by atoms with E-state index in [4.69, 9.17) is 0 Å². The Kier molecular flexibility index (Phi) is 4.89. The van der Waals surface area contributed by atoms with Crippen LogP contribution in [0.4, 0.5) is 18.9 Å². The van der Waals surface area contributed by atoms with Crippen molar-refractivity contribution in [2.24, 2.45) is 5.92 Å². The van der Waals surface area contributed by atoms with Gasteiger partial charge in [0.1, 0.15) is 11.5 Å². The van der Waals surface area contributed by atoms with Crippen molar-refractivity contribution in [3.8, 4) is 0 Å². The molecule has 1 saturated carbocycles. The third kappa shape index (κ3) is 4.18. The Morgan fingerprint density at radius 3 is 2.72 bits per heavy atom. The molecule has 29 heavy (non-hydrogen) atoms. The molecule has 1 fully saturated rings. The largest absolute Gasteiger partial charge is 0.329 e. The Labute approximate surface area is 163 Å². The highest BCUT2D eigenvalue weighted by Crippen LogP contribution is 2.37. The van der Waals surface area contributed by atoms with E-state index in [9.17, 15) is 22.8 Å². The number of amides is 1. The third-order valence-corrected chi connectivity index (χ3v) is 5.22. The Hall–Kier alpha value is -3.10. The van der Waals surface area contributed by atoms with E-state index in [0.29, 0.717) is 29.4 Å². The number of nitrogens with zero attached hydrogens (tertiary/aromatic N) is 2. The van der Waals surface area contributed by atoms with Crippen LogP contribution in [-0.4, -0.2) is 26.6 Å². The molecule has 2 N–H and O–H groups in total. The summed E-state index contributed by atoms with van der Waals surface area (Å²) in [4.78, 5) is 26.9. The van der Waals surface area contributed by atoms with Gasteiger partial charge in [0.25, 0.3) is 5.91 Å². The molecule has 0 atom stereocenters. The number of hydrogen-bond acceptors (Lipinski definition) is 3. The zero-order chi connectivity index (χ0) is 20.6. The van der Waals surface area contributed by atoms with Crippen molar-refractivity contribution >= 4 is 22.5 Å². The van der Waals surface area contributed by atoms with Crippen molar-refractivity contribution in [1.29, 1.82) is 0 Å². The maximum atomic E-state index is 13.6. The summed E-state index contributed by atoms with van der Waals surface area (Å²) < 4.78 is 42.0. The van der Waals surface area contributed by atoms with Crippen LogP contribution in [0.3, 0.4) is 0 Å². The van der Waals surface area contributed by atoms with Crippen LogP contribution in [0.5, 0.6) is 0 Å². The van der Waals surface area contributed by atoms with Gasteiger partial charge in [0, 0.05) is 48.8 Å². The molecule has 0 bridgehead atoms. The Morgan fingerprint density at radius 1 is 1.24 bits per heavy atom. The van der Waals surface area contributed by atoms with Crippen LogP contribution >= 0.6 is 0 Å². The minimum Gasteiger partial charge on any atom is -0.329 e. The second kappa shape index (κ2) is 7.38. The molecule has 0 unspecified atom stereocenters. The van der Waals surface area contributed by atoms with Crippen LogP contribution in [0.25, 0.3) is 10.9 Å². The molecule has 152 valence electrons. The predicted molar refractivity (Wildman–Crippen MR) is 102 cm³/mol. The maximum Gasteiger partial charge on any atom is 0.274 e. The highest BCUT2D eigenvalue weighted by Gasteiger charge is 2.35. The minimum absolute atomic E-state index is 0.0556. The number of nitrogens with one attached hydrogen (secondary N) is 2. The molecule has 1 amide bonds. The minimum atomic E-state index is -2.64. The molecule has 9 heteroatoms. The third-order valence-electron chi connectivity index (χ3n) is 5.22. The van der Waals surface area contributed by atoms with Gasteiger partial charge in [0.05, 0.1) is 5.52 Å². The monoisotopic (exact) mass is 404 g/mol. The summed E-state index contributed by atoms with van der Waals surface area (Å²) in [6, 6.07) is 6.70. The van der Waals surface area contributed by atoms with Crippen molar-refractivity contribution in [3.05, 3.63) is 58.4 Å². The van der Waals surface area contributed by atoms with E-state index in [1.807, 2.05) is 0 Å². The van der Waals surface area contributed by atoms with E-state index in [1.54, 1.807) is 0 Å². The van der Waals surface area contributed by atoms with Gasteiger partial charge in [-0.2, -0.15) is 5.10 Å². The average molecular weight is 404 g/mol. The predicted octanol–water partition coefficient (Wildman–Crippen LogP) is 3.94. The number of alkyl halides is 2. The first-order valence-corrected chi connectivity index (χ1v) is 9.35. The number of anilines is 1. The fraction of sp³-hybridized carbons (Fsp3) is 0.350. The number of aromatic amines is 1. The molecule has 0 radical (unpaired) electrons. The van der Waals surface area contributed by atoms with Gasteiger partial charge in [-0.15, -0.1) is 0 Å². The number of carbonyl (C=O) groups is 1. The van der Waals surface area contributed by atoms with Crippen molar-refractivity contribution in [3.63, 3.8) is 0 Å². The molecular formula is C20H19F3N4O2. The number of carbonyl (C=O) groups excluding carboxylic acids is 1. The molecular weight excluding hydrogens is 385 g/mol. The van der Waals surface area contributed by atoms with Gasteiger partial charge in [0.2, 0.25) is 11.5 Å². The van der Waals surface area contributed by atoms with E-state index in [-0.39, 0.29) is 36.6 Å². The number of rotatable bonds is 4. The average Bonchev–Trinajstić information content (AvgIpc) is 3.00. The van der Waals surface area contributed by atoms with E-state index in [2.05, 4.69) is 15.4 Å². The Balaban J connectivity index is 1.66. The number of pyridine rings is 1. The zero-order valence-corrected chi connectivity index (χ0v) is 15.4. The van der Waals surface area contributed by atoms with E-state index < -0.39 is 17.6 Å². The van der Waals surface area contributed by atoms with Gasteiger partial charge in [-0.05, 0) is 37.0 Å². The molecule has 0 aliphatic heterocycles. The summed E-state index contributed by atoms with van der Waals surface area (Å²) in [5.74, 6) is -3.69. The number of benzene rings is 1. The quantitative estimate of drug-likeness (QED) is 0.691. The summed E-state index contributed by atoms with van der Waals surface area (Å²) in [7, 11) is 0. The molecule has 2 heterocycles. The molecule has 2 aromatic heterocycles. The van der Waals surface area contributed by atoms with Crippen molar-refractivity contribution in [2.45, 2.75) is 38.2 Å². The van der Waals surface area contributed by atoms with Crippen LogP contribution in [0.1, 0.15) is 36.2 Å². The fourth-order valence-electron chi connectivity index (χ4n) is 3.72. The van der Waals surface area contributed by atoms with Crippen LogP contribution < -0.4 is 10.9 Å². The normalized spacial score (nSPS) is 16.8. The molecule has 0 spiro atoms. The second-order valence-corrected chi connectivity index (χ2v) is 7.39. The van der Waals surface area contributed by atoms with Gasteiger partial charge in [-0.1, -0.05) is 0 Å². The molecule has 3 aromatic rings. The summed E-state index contributed by atoms with van der Waals surface area (Å²) in [6.07, 6.45) is 1.67. The molecule has 1 aliphatic carbocycles. The number of aromatic nitrogens is 3. The van der Waals surface area contributed by atoms with Gasteiger partial charge >= 0.3 is 0 Å². The summed E-state index contributed by atoms with van der Waals surface area (Å²) >= 11 is 0. The van der Waals surface area contributed by atoms with Crippen LogP contribution in [0.2, 0.25) is 0 Å². The number of hydrogen-bond donors (Lipinski definition) is 2. The first-order valence-electron chi connectivity index (χ1n) is 9.35. The second-order valence-electron chi connectivity index (χ2n) is 7.39. The lowest BCUT2D eigenvalue weighted by molar-refractivity contribution is -0.0476. The van der Waals surface area contributed by atoms with Crippen molar-refractivity contribution < 1.29 is 18.0 Å². The summed E-state index contributed by atoms with van der Waals surface area (Å²) in [5, 5.41) is 7.45. The Bertz CT molecular complexity index is 1110. The van der Waals surface area contributed by atoms with Crippen molar-refractivity contribution in [1.82, 2.24) is 14.8 Å². The number of halogens is 3. The van der Waals surface area contributed by atoms with Crippen LogP contribution in [0.15, 0.2) is 41.3 Å². The molecule has 4 rings (SSSR count). The summed E-state index contributed by atoms with van der Waals surface area (Å²) in [5.41, 5.74) is 0.449. The topological polar surface area (TPSA) is 79.8 Å². The highest BCUT2D eigenvalue weighted by molar-refractivity contribution is 6.11. The molecule has 0 saturated heterocycles. The first kappa shape index (κ1) is 19.2. The number of H-pyrrole nitrogens is 1. The molecule has 6 nitrogen and oxygen atoms in total. The van der Waals surface area contributed by atoms with E-state index in [0.717, 1.165) is 0 Å². The zero-order valence-electron chi connectivity index (χ0n) is 15.4. The standard InChI is InChI=1S/C20H19F3N4O2/c21-13-1-2-15-16(9-13)26-27(11-12-3-6-20(22,23)7-4-12)18(15)19(29)25-14-5-8-24-17(28)10-14/h1-2,5,8-10,12H,3-4,6-7,11H2,(H2,24,25,28,29). The first-order chi connectivity index (χ1) is 13.8. The van der Waals surface area contributed by atoms with Gasteiger partial charge in [-0.25, -0.2) is 13.2 Å². The molecule has 1 aromatic carbocycles. The van der Waals surface area contributed by atoms with Crippen LogP contribution in [-0.2, 0) is 6.54 Å². The Morgan fingerprint density at radius 2 is 2.00 bits per heavy atom. The van der Waals surface area contributed by atoms with E-state index in [1.165, 1.54) is 41.2 Å². The maximum absolute atomic E-state index is 13.6. The van der Waals surface area contributed by atoms with Gasteiger partial charge < -0.3 is 10.3 Å². The molecule has 1 aliphatic rings. The van der Waals surface area contributed by atoms with Gasteiger partial charge in [-0.3, -0.25) is 14.3 Å². The lowest BCUT2D eigenvalue weighted by Crippen LogP contribution is -2.28.